The van der Waals surface area contributed by atoms with Crippen molar-refractivity contribution in [3.8, 4) is 0 Å². The SMILES string of the molecule is CCCc1ccc(B2OC(C)(C)C(C)(C)O2)cc1CN(CCCNC(C)=O)C(=O)OC(C)(C)C. The molecule has 2 rings (SSSR count). The first-order chi connectivity index (χ1) is 15.6. The lowest BCUT2D eigenvalue weighted by atomic mass is 9.77. The fourth-order valence-electron chi connectivity index (χ4n) is 3.73. The molecule has 1 aromatic carbocycles. The summed E-state index contributed by atoms with van der Waals surface area (Å²) in [7, 11) is -0.464. The first-order valence-corrected chi connectivity index (χ1v) is 12.3. The van der Waals surface area contributed by atoms with Crippen molar-refractivity contribution >= 4 is 24.6 Å². The Morgan fingerprint density at radius 2 is 1.71 bits per heavy atom. The third kappa shape index (κ3) is 7.74. The van der Waals surface area contributed by atoms with Crippen molar-refractivity contribution in [2.24, 2.45) is 0 Å². The van der Waals surface area contributed by atoms with Crippen molar-refractivity contribution < 1.29 is 23.6 Å². The summed E-state index contributed by atoms with van der Waals surface area (Å²) in [5.41, 5.74) is 1.75. The normalized spacial score (nSPS) is 16.9. The number of benzene rings is 1. The molecule has 0 radical (unpaired) electrons. The molecule has 0 aliphatic carbocycles. The highest BCUT2D eigenvalue weighted by molar-refractivity contribution is 6.62. The molecule has 1 heterocycles. The maximum Gasteiger partial charge on any atom is 0.494 e. The van der Waals surface area contributed by atoms with Crippen LogP contribution in [0.3, 0.4) is 0 Å². The van der Waals surface area contributed by atoms with E-state index in [4.69, 9.17) is 14.0 Å². The number of hydrogen-bond donors (Lipinski definition) is 1. The molecule has 190 valence electrons. The van der Waals surface area contributed by atoms with Crippen LogP contribution in [0.5, 0.6) is 0 Å². The van der Waals surface area contributed by atoms with Crippen molar-refractivity contribution in [1.82, 2.24) is 10.2 Å². The van der Waals surface area contributed by atoms with E-state index in [-0.39, 0.29) is 12.0 Å². The van der Waals surface area contributed by atoms with Gasteiger partial charge in [-0.3, -0.25) is 4.79 Å². The number of ether oxygens (including phenoxy) is 1. The highest BCUT2D eigenvalue weighted by Crippen LogP contribution is 2.36. The van der Waals surface area contributed by atoms with E-state index in [1.165, 1.54) is 12.5 Å². The molecule has 0 bridgehead atoms. The van der Waals surface area contributed by atoms with E-state index in [0.717, 1.165) is 23.9 Å². The molecule has 1 aliphatic rings. The number of nitrogens with one attached hydrogen (secondary N) is 1. The van der Waals surface area contributed by atoms with E-state index in [0.29, 0.717) is 26.1 Å². The largest absolute Gasteiger partial charge is 0.494 e. The van der Waals surface area contributed by atoms with Gasteiger partial charge in [-0.1, -0.05) is 31.5 Å². The molecule has 1 aromatic rings. The molecule has 7 nitrogen and oxygen atoms in total. The molecule has 0 saturated carbocycles. The maximum absolute atomic E-state index is 13.0. The number of carbonyl (C=O) groups excluding carboxylic acids is 2. The molecule has 1 fully saturated rings. The number of nitrogens with zero attached hydrogens (tertiary/aromatic N) is 1. The van der Waals surface area contributed by atoms with Crippen molar-refractivity contribution in [1.29, 1.82) is 0 Å². The highest BCUT2D eigenvalue weighted by Gasteiger charge is 2.51. The smallest absolute Gasteiger partial charge is 0.444 e. The van der Waals surface area contributed by atoms with Crippen LogP contribution in [0.1, 0.15) is 86.3 Å². The summed E-state index contributed by atoms with van der Waals surface area (Å²) in [6.07, 6.45) is 2.18. The van der Waals surface area contributed by atoms with Crippen molar-refractivity contribution in [3.63, 3.8) is 0 Å². The summed E-state index contributed by atoms with van der Waals surface area (Å²) < 4.78 is 18.2. The third-order valence-electron chi connectivity index (χ3n) is 6.27. The molecule has 0 spiro atoms. The van der Waals surface area contributed by atoms with Crippen molar-refractivity contribution in [2.75, 3.05) is 13.1 Å². The van der Waals surface area contributed by atoms with Gasteiger partial charge in [-0.05, 0) is 77.9 Å². The van der Waals surface area contributed by atoms with Crippen LogP contribution in [-0.4, -0.2) is 53.9 Å². The van der Waals surface area contributed by atoms with E-state index in [1.54, 1.807) is 4.90 Å². The van der Waals surface area contributed by atoms with E-state index in [9.17, 15) is 9.59 Å². The zero-order valence-electron chi connectivity index (χ0n) is 22.5. The number of hydrogen-bond acceptors (Lipinski definition) is 5. The number of carbonyl (C=O) groups is 2. The lowest BCUT2D eigenvalue weighted by Crippen LogP contribution is -2.41. The van der Waals surface area contributed by atoms with Gasteiger partial charge >= 0.3 is 13.2 Å². The Morgan fingerprint density at radius 3 is 2.24 bits per heavy atom. The van der Waals surface area contributed by atoms with Gasteiger partial charge in [0.05, 0.1) is 11.2 Å². The summed E-state index contributed by atoms with van der Waals surface area (Å²) in [4.78, 5) is 26.0. The molecule has 8 heteroatoms. The van der Waals surface area contributed by atoms with Gasteiger partial charge in [-0.15, -0.1) is 0 Å². The Hall–Kier alpha value is -2.06. The third-order valence-corrected chi connectivity index (χ3v) is 6.27. The molecular formula is C26H43BN2O5. The van der Waals surface area contributed by atoms with Gasteiger partial charge in [0.15, 0.2) is 0 Å². The summed E-state index contributed by atoms with van der Waals surface area (Å²) >= 11 is 0. The van der Waals surface area contributed by atoms with Crippen LogP contribution in [0.15, 0.2) is 18.2 Å². The van der Waals surface area contributed by atoms with Crippen LogP contribution in [0.2, 0.25) is 0 Å². The van der Waals surface area contributed by atoms with Gasteiger partial charge in [0, 0.05) is 26.6 Å². The van der Waals surface area contributed by atoms with Crippen molar-refractivity contribution in [2.45, 2.75) is 105 Å². The molecule has 1 aliphatic heterocycles. The lowest BCUT2D eigenvalue weighted by molar-refractivity contribution is -0.118. The fraction of sp³-hybridized carbons (Fsp3) is 0.692. The maximum atomic E-state index is 13.0. The molecule has 0 unspecified atom stereocenters. The monoisotopic (exact) mass is 474 g/mol. The zero-order chi connectivity index (χ0) is 25.7. The second kappa shape index (κ2) is 11.1. The predicted molar refractivity (Wildman–Crippen MR) is 136 cm³/mol. The molecule has 0 aromatic heterocycles. The summed E-state index contributed by atoms with van der Waals surface area (Å²) in [6, 6.07) is 6.27. The fourth-order valence-corrected chi connectivity index (χ4v) is 3.73. The molecule has 34 heavy (non-hydrogen) atoms. The van der Waals surface area contributed by atoms with Gasteiger partial charge < -0.3 is 24.3 Å². The van der Waals surface area contributed by atoms with Crippen LogP contribution in [-0.2, 0) is 31.8 Å². The number of amides is 2. The summed E-state index contributed by atoms with van der Waals surface area (Å²) in [5, 5.41) is 2.79. The van der Waals surface area contributed by atoms with E-state index in [2.05, 4.69) is 30.4 Å². The molecule has 2 amide bonds. The molecule has 1 saturated heterocycles. The van der Waals surface area contributed by atoms with Crippen LogP contribution in [0.25, 0.3) is 0 Å². The highest BCUT2D eigenvalue weighted by atomic mass is 16.7. The quantitative estimate of drug-likeness (QED) is 0.429. The minimum absolute atomic E-state index is 0.0795. The zero-order valence-corrected chi connectivity index (χ0v) is 22.5. The topological polar surface area (TPSA) is 77.1 Å². The van der Waals surface area contributed by atoms with Gasteiger partial charge in [0.1, 0.15) is 5.60 Å². The standard InChI is InChI=1S/C26H43BN2O5/c1-10-12-20-13-14-22(27-33-25(6,7)26(8,9)34-27)17-21(20)18-29(16-11-15-28-19(2)30)23(31)32-24(3,4)5/h13-14,17H,10-12,15-16,18H2,1-9H3,(H,28,30). The van der Waals surface area contributed by atoms with Crippen LogP contribution >= 0.6 is 0 Å². The molecular weight excluding hydrogens is 431 g/mol. The Bertz CT molecular complexity index is 847. The number of rotatable bonds is 9. The van der Waals surface area contributed by atoms with Crippen LogP contribution < -0.4 is 10.8 Å². The average molecular weight is 474 g/mol. The second-order valence-electron chi connectivity index (χ2n) is 11.1. The molecule has 0 atom stereocenters. The Morgan fingerprint density at radius 1 is 1.09 bits per heavy atom. The summed E-state index contributed by atoms with van der Waals surface area (Å²) in [6.45, 7) is 18.8. The van der Waals surface area contributed by atoms with Crippen LogP contribution in [0.4, 0.5) is 4.79 Å². The Balaban J connectivity index is 2.30. The van der Waals surface area contributed by atoms with E-state index in [1.807, 2.05) is 48.5 Å². The summed E-state index contributed by atoms with van der Waals surface area (Å²) in [5.74, 6) is -0.0795. The van der Waals surface area contributed by atoms with Gasteiger partial charge in [0.2, 0.25) is 5.91 Å². The van der Waals surface area contributed by atoms with E-state index < -0.39 is 23.9 Å². The van der Waals surface area contributed by atoms with Gasteiger partial charge in [-0.2, -0.15) is 0 Å². The van der Waals surface area contributed by atoms with E-state index >= 15 is 0 Å². The predicted octanol–water partition coefficient (Wildman–Crippen LogP) is 4.20. The van der Waals surface area contributed by atoms with Crippen molar-refractivity contribution in [3.05, 3.63) is 29.3 Å². The minimum Gasteiger partial charge on any atom is -0.444 e. The minimum atomic E-state index is -0.593. The Labute approximate surface area is 206 Å². The lowest BCUT2D eigenvalue weighted by Gasteiger charge is -2.32. The molecule has 1 N–H and O–H groups in total. The van der Waals surface area contributed by atoms with Gasteiger partial charge in [0.25, 0.3) is 0 Å². The number of aryl methyl sites for hydroxylation is 1. The Kier molecular flexibility index (Phi) is 9.22. The van der Waals surface area contributed by atoms with Gasteiger partial charge in [-0.25, -0.2) is 4.79 Å². The second-order valence-corrected chi connectivity index (χ2v) is 11.1. The first-order valence-electron chi connectivity index (χ1n) is 12.3. The first kappa shape index (κ1) is 28.2. The van der Waals surface area contributed by atoms with Crippen LogP contribution in [0, 0.1) is 0 Å². The average Bonchev–Trinajstić information content (AvgIpc) is 2.91.